The Morgan fingerprint density at radius 1 is 1.02 bits per heavy atom. The fourth-order valence-corrected chi connectivity index (χ4v) is 6.00. The third kappa shape index (κ3) is 14.5. The van der Waals surface area contributed by atoms with Crippen LogP contribution in [0, 0.1) is 0 Å². The number of halogens is 1. The lowest BCUT2D eigenvalue weighted by Crippen LogP contribution is -2.45. The van der Waals surface area contributed by atoms with Crippen molar-refractivity contribution in [2.75, 3.05) is 46.1 Å². The van der Waals surface area contributed by atoms with Crippen LogP contribution in [0.5, 0.6) is 5.75 Å². The van der Waals surface area contributed by atoms with Crippen molar-refractivity contribution in [2.24, 2.45) is 0 Å². The molecule has 0 aliphatic heterocycles. The first-order chi connectivity index (χ1) is 21.5. The molecule has 0 aliphatic carbocycles. The summed E-state index contributed by atoms with van der Waals surface area (Å²) in [6.07, 6.45) is 0.496. The van der Waals surface area contributed by atoms with Gasteiger partial charge in [-0.25, -0.2) is 9.59 Å². The zero-order chi connectivity index (χ0) is 33.2. The largest absolute Gasteiger partial charge is 0.491 e. The molecule has 0 saturated carbocycles. The van der Waals surface area contributed by atoms with Crippen molar-refractivity contribution >= 4 is 47.4 Å². The minimum absolute atomic E-state index is 0.0418. The van der Waals surface area contributed by atoms with Crippen LogP contribution in [-0.4, -0.2) is 86.0 Å². The van der Waals surface area contributed by atoms with Crippen molar-refractivity contribution < 1.29 is 47.4 Å². The van der Waals surface area contributed by atoms with Gasteiger partial charge in [0.15, 0.2) is 0 Å². The summed E-state index contributed by atoms with van der Waals surface area (Å²) in [7, 11) is -2.24. The molecule has 0 saturated heterocycles. The molecule has 15 heteroatoms. The van der Waals surface area contributed by atoms with Gasteiger partial charge in [-0.15, -0.1) is 0 Å². The van der Waals surface area contributed by atoms with Gasteiger partial charge in [0.1, 0.15) is 30.7 Å². The number of carboxylic acid groups (broad SMARTS) is 1. The highest BCUT2D eigenvalue weighted by atomic mass is 79.9. The van der Waals surface area contributed by atoms with Crippen molar-refractivity contribution in [3.63, 3.8) is 0 Å². The van der Waals surface area contributed by atoms with Gasteiger partial charge >= 0.3 is 19.7 Å². The number of rotatable bonds is 20. The maximum atomic E-state index is 12.9. The first kappa shape index (κ1) is 37.7. The molecule has 248 valence electrons. The quantitative estimate of drug-likeness (QED) is 0.128. The number of nitrogens with one attached hydrogen (secondary N) is 2. The molecule has 0 radical (unpaired) electrons. The second kappa shape index (κ2) is 19.8. The molecule has 0 fully saturated rings. The van der Waals surface area contributed by atoms with Gasteiger partial charge in [-0.3, -0.25) is 14.2 Å². The molecule has 0 bridgehead atoms. The number of carbonyl (C=O) groups excluding carboxylic acids is 3. The number of likely N-dealkylation sites (N-methyl/N-ethyl adjacent to an activating group) is 1. The number of amides is 3. The van der Waals surface area contributed by atoms with Crippen molar-refractivity contribution in [1.82, 2.24) is 15.5 Å². The highest BCUT2D eigenvalue weighted by Crippen LogP contribution is 2.47. The number of carboxylic acids is 1. The molecule has 0 heterocycles. The number of benzene rings is 2. The van der Waals surface area contributed by atoms with Crippen LogP contribution in [-0.2, 0) is 34.5 Å². The van der Waals surface area contributed by atoms with Crippen LogP contribution in [0.3, 0.4) is 0 Å². The predicted octanol–water partition coefficient (Wildman–Crippen LogP) is 4.83. The topological polar surface area (TPSA) is 170 Å². The molecular weight excluding hydrogens is 673 g/mol. The number of aromatic carboxylic acids is 1. The summed E-state index contributed by atoms with van der Waals surface area (Å²) in [6, 6.07) is 13.2. The van der Waals surface area contributed by atoms with Gasteiger partial charge in [-0.2, -0.15) is 0 Å². The molecule has 1 atom stereocenters. The smallest absolute Gasteiger partial charge is 0.407 e. The van der Waals surface area contributed by atoms with E-state index >= 15 is 0 Å². The number of carbonyl (C=O) groups is 4. The van der Waals surface area contributed by atoms with Crippen LogP contribution in [0.15, 0.2) is 53.0 Å². The lowest BCUT2D eigenvalue weighted by Gasteiger charge is -2.23. The van der Waals surface area contributed by atoms with Crippen LogP contribution < -0.4 is 15.4 Å². The standard InChI is InChI=1S/C30H41BrN3O10P/c1-4-43-45(40,44-5-2)21-28(36)34(3)18-27(35)33-24(20-41-26-17-23(31)14-15-25(26)29(37)38)13-9-10-16-32-30(39)42-19-22-11-7-6-8-12-22/h6-8,11-12,14-15,17,24H,4-5,9-10,13,16,18-21H2,1-3H3,(H,32,39)(H,33,35)(H,37,38)/t24-/m0/s1. The third-order valence-electron chi connectivity index (χ3n) is 6.23. The molecule has 2 aromatic rings. The number of ether oxygens (including phenoxy) is 2. The van der Waals surface area contributed by atoms with Crippen molar-refractivity contribution in [3.05, 3.63) is 64.1 Å². The Morgan fingerprint density at radius 3 is 2.36 bits per heavy atom. The van der Waals surface area contributed by atoms with Gasteiger partial charge in [0.05, 0.1) is 25.8 Å². The SMILES string of the molecule is CCOP(=O)(CC(=O)N(C)CC(=O)N[C@@H](CCCCNC(=O)OCc1ccccc1)COc1cc(Br)ccc1C(=O)O)OCC. The van der Waals surface area contributed by atoms with E-state index in [0.717, 1.165) is 10.5 Å². The van der Waals surface area contributed by atoms with Gasteiger partial charge in [0, 0.05) is 18.1 Å². The number of unbranched alkanes of at least 4 members (excludes halogenated alkanes) is 1. The minimum atomic E-state index is -3.64. The molecule has 2 rings (SSSR count). The zero-order valence-electron chi connectivity index (χ0n) is 25.7. The lowest BCUT2D eigenvalue weighted by molar-refractivity contribution is -0.133. The van der Waals surface area contributed by atoms with Crippen molar-refractivity contribution in [2.45, 2.75) is 45.8 Å². The van der Waals surface area contributed by atoms with E-state index in [0.29, 0.717) is 30.3 Å². The molecule has 3 amide bonds. The van der Waals surface area contributed by atoms with Crippen LogP contribution in [0.25, 0.3) is 0 Å². The Morgan fingerprint density at radius 2 is 1.71 bits per heavy atom. The molecule has 0 aromatic heterocycles. The van der Waals surface area contributed by atoms with Crippen LogP contribution >= 0.6 is 23.5 Å². The fraction of sp³-hybridized carbons (Fsp3) is 0.467. The van der Waals surface area contributed by atoms with E-state index in [-0.39, 0.29) is 44.3 Å². The third-order valence-corrected chi connectivity index (χ3v) is 8.68. The van der Waals surface area contributed by atoms with Crippen LogP contribution in [0.4, 0.5) is 4.79 Å². The van der Waals surface area contributed by atoms with Crippen LogP contribution in [0.2, 0.25) is 0 Å². The normalized spacial score (nSPS) is 11.7. The summed E-state index contributed by atoms with van der Waals surface area (Å²) in [4.78, 5) is 50.4. The Kier molecular flexibility index (Phi) is 16.6. The summed E-state index contributed by atoms with van der Waals surface area (Å²) in [6.45, 7) is 3.56. The minimum Gasteiger partial charge on any atom is -0.491 e. The van der Waals surface area contributed by atoms with E-state index in [2.05, 4.69) is 26.6 Å². The van der Waals surface area contributed by atoms with E-state index < -0.39 is 43.7 Å². The number of alkyl carbamates (subject to hydrolysis) is 1. The van der Waals surface area contributed by atoms with E-state index in [4.69, 9.17) is 18.5 Å². The Balaban J connectivity index is 1.95. The van der Waals surface area contributed by atoms with E-state index in [1.54, 1.807) is 19.9 Å². The highest BCUT2D eigenvalue weighted by molar-refractivity contribution is 9.10. The van der Waals surface area contributed by atoms with Gasteiger partial charge in [-0.1, -0.05) is 46.3 Å². The zero-order valence-corrected chi connectivity index (χ0v) is 28.1. The summed E-state index contributed by atoms with van der Waals surface area (Å²) < 4.78 is 34.7. The number of nitrogens with zero attached hydrogens (tertiary/aromatic N) is 1. The highest BCUT2D eigenvalue weighted by Gasteiger charge is 2.30. The summed E-state index contributed by atoms with van der Waals surface area (Å²) in [5.41, 5.74) is 0.826. The molecule has 13 nitrogen and oxygen atoms in total. The lowest BCUT2D eigenvalue weighted by atomic mass is 10.1. The number of hydrogen-bond acceptors (Lipinski definition) is 9. The van der Waals surface area contributed by atoms with E-state index in [1.807, 2.05) is 30.3 Å². The van der Waals surface area contributed by atoms with E-state index in [1.165, 1.54) is 19.2 Å². The average Bonchev–Trinajstić information content (AvgIpc) is 2.98. The molecule has 0 aliphatic rings. The maximum absolute atomic E-state index is 12.9. The van der Waals surface area contributed by atoms with Gasteiger partial charge in [0.25, 0.3) is 0 Å². The van der Waals surface area contributed by atoms with Crippen molar-refractivity contribution in [3.8, 4) is 5.75 Å². The summed E-state index contributed by atoms with van der Waals surface area (Å²) in [5.74, 6) is -2.14. The molecule has 0 unspecified atom stereocenters. The number of hydrogen-bond donors (Lipinski definition) is 3. The molecule has 0 spiro atoms. The van der Waals surface area contributed by atoms with Crippen molar-refractivity contribution in [1.29, 1.82) is 0 Å². The molecule has 45 heavy (non-hydrogen) atoms. The Bertz CT molecular complexity index is 1300. The monoisotopic (exact) mass is 713 g/mol. The molecular formula is C30H41BrN3O10P. The van der Waals surface area contributed by atoms with Gasteiger partial charge in [0.2, 0.25) is 11.8 Å². The fourth-order valence-electron chi connectivity index (χ4n) is 4.05. The van der Waals surface area contributed by atoms with Crippen LogP contribution in [0.1, 0.15) is 49.0 Å². The first-order valence-corrected chi connectivity index (χ1v) is 17.0. The summed E-state index contributed by atoms with van der Waals surface area (Å²) >= 11 is 3.31. The Labute approximate surface area is 271 Å². The van der Waals surface area contributed by atoms with E-state index in [9.17, 15) is 28.8 Å². The molecule has 2 aromatic carbocycles. The second-order valence-electron chi connectivity index (χ2n) is 9.86. The summed E-state index contributed by atoms with van der Waals surface area (Å²) in [5, 5.41) is 15.0. The van der Waals surface area contributed by atoms with Gasteiger partial charge < -0.3 is 39.2 Å². The first-order valence-electron chi connectivity index (χ1n) is 14.5. The molecule has 3 N–H and O–H groups in total. The van der Waals surface area contributed by atoms with Gasteiger partial charge in [-0.05, 0) is 56.9 Å². The maximum Gasteiger partial charge on any atom is 0.407 e. The Hall–Kier alpha value is -3.45. The second-order valence-corrected chi connectivity index (χ2v) is 12.8. The average molecular weight is 715 g/mol. The predicted molar refractivity (Wildman–Crippen MR) is 170 cm³/mol.